The summed E-state index contributed by atoms with van der Waals surface area (Å²) in [5.41, 5.74) is 6.81. The van der Waals surface area contributed by atoms with Gasteiger partial charge in [0.15, 0.2) is 0 Å². The van der Waals surface area contributed by atoms with E-state index in [2.05, 4.69) is 0 Å². The van der Waals surface area contributed by atoms with E-state index < -0.39 is 18.0 Å². The summed E-state index contributed by atoms with van der Waals surface area (Å²) in [6, 6.07) is 4.54. The van der Waals surface area contributed by atoms with Gasteiger partial charge in [-0.25, -0.2) is 10.6 Å². The van der Waals surface area contributed by atoms with Crippen LogP contribution in [0.5, 0.6) is 0 Å². The molecule has 2 heterocycles. The molecule has 9 heteroatoms. The number of fused-ring (bicyclic) bond motifs is 1. The second-order valence-electron chi connectivity index (χ2n) is 6.33. The standard InChI is InChI=1S/C17H19ClN4O4/c1-8(23)14-13-7-12(15(17(25)26)22(13)16(14)24)9-4-10(18)6-11(5-9)21(20)3-2-19/h2-6,8,13-14,23H,7,19-20H2,1H3,(H,25,26)/b3-2-/t8-,13?,14?/m1/s1. The normalized spacial score (nSPS) is 23.2. The molecule has 1 amide bonds. The molecule has 1 saturated heterocycles. The number of anilines is 1. The van der Waals surface area contributed by atoms with E-state index in [0.717, 1.165) is 0 Å². The predicted molar refractivity (Wildman–Crippen MR) is 96.4 cm³/mol. The lowest BCUT2D eigenvalue weighted by Crippen LogP contribution is -2.61. The number of benzene rings is 1. The van der Waals surface area contributed by atoms with Crippen molar-refractivity contribution in [3.05, 3.63) is 46.9 Å². The fraction of sp³-hybridized carbons (Fsp3) is 0.294. The van der Waals surface area contributed by atoms with Crippen molar-refractivity contribution in [2.24, 2.45) is 17.5 Å². The van der Waals surface area contributed by atoms with Gasteiger partial charge in [0.05, 0.1) is 23.8 Å². The Morgan fingerprint density at radius 2 is 2.15 bits per heavy atom. The van der Waals surface area contributed by atoms with E-state index >= 15 is 0 Å². The van der Waals surface area contributed by atoms with Crippen molar-refractivity contribution in [3.63, 3.8) is 0 Å². The molecule has 26 heavy (non-hydrogen) atoms. The molecule has 1 fully saturated rings. The fourth-order valence-electron chi connectivity index (χ4n) is 3.60. The van der Waals surface area contributed by atoms with Crippen LogP contribution in [0.15, 0.2) is 36.3 Å². The third kappa shape index (κ3) is 2.82. The number of aliphatic carboxylic acids is 1. The minimum absolute atomic E-state index is 0.0805. The highest BCUT2D eigenvalue weighted by Crippen LogP contribution is 2.47. The number of hydrogen-bond acceptors (Lipinski definition) is 6. The summed E-state index contributed by atoms with van der Waals surface area (Å²) >= 11 is 6.17. The second-order valence-corrected chi connectivity index (χ2v) is 6.76. The van der Waals surface area contributed by atoms with Gasteiger partial charge in [0.25, 0.3) is 0 Å². The van der Waals surface area contributed by atoms with Crippen molar-refractivity contribution in [2.75, 3.05) is 5.01 Å². The van der Waals surface area contributed by atoms with Gasteiger partial charge < -0.3 is 20.8 Å². The number of nitrogens with two attached hydrogens (primary N) is 2. The maximum Gasteiger partial charge on any atom is 0.352 e. The average Bonchev–Trinajstić information content (AvgIpc) is 2.89. The maximum atomic E-state index is 12.3. The number of rotatable bonds is 5. The van der Waals surface area contributed by atoms with Crippen LogP contribution in [-0.4, -0.2) is 39.1 Å². The number of β-lactam (4-membered cyclic amide) rings is 1. The van der Waals surface area contributed by atoms with Crippen LogP contribution >= 0.6 is 11.6 Å². The summed E-state index contributed by atoms with van der Waals surface area (Å²) in [7, 11) is 0. The van der Waals surface area contributed by atoms with Gasteiger partial charge >= 0.3 is 5.97 Å². The molecule has 0 saturated carbocycles. The third-order valence-corrected chi connectivity index (χ3v) is 4.93. The largest absolute Gasteiger partial charge is 0.477 e. The van der Waals surface area contributed by atoms with Crippen LogP contribution in [0.1, 0.15) is 18.9 Å². The molecule has 1 aromatic carbocycles. The SMILES string of the molecule is C[C@@H](O)C1C(=O)N2C(C(=O)O)=C(c3cc(Cl)cc(N(N)/C=C\N)c3)CC12. The van der Waals surface area contributed by atoms with E-state index in [1.54, 1.807) is 18.2 Å². The first kappa shape index (κ1) is 18.2. The number of carbonyl (C=O) groups excluding carboxylic acids is 1. The number of hydrogen-bond donors (Lipinski definition) is 4. The Balaban J connectivity index is 2.06. The van der Waals surface area contributed by atoms with E-state index in [1.165, 1.54) is 29.2 Å². The number of carboxylic acids is 1. The van der Waals surface area contributed by atoms with E-state index in [9.17, 15) is 19.8 Å². The highest BCUT2D eigenvalue weighted by atomic mass is 35.5. The highest BCUT2D eigenvalue weighted by Gasteiger charge is 2.56. The average molecular weight is 379 g/mol. The van der Waals surface area contributed by atoms with Gasteiger partial charge in [-0.2, -0.15) is 0 Å². The molecule has 3 rings (SSSR count). The zero-order chi connectivity index (χ0) is 19.2. The molecular weight excluding hydrogens is 360 g/mol. The van der Waals surface area contributed by atoms with Crippen LogP contribution in [0.25, 0.3) is 5.57 Å². The molecule has 138 valence electrons. The maximum absolute atomic E-state index is 12.3. The van der Waals surface area contributed by atoms with Crippen molar-refractivity contribution in [3.8, 4) is 0 Å². The molecule has 1 aromatic rings. The van der Waals surface area contributed by atoms with E-state index in [0.29, 0.717) is 28.3 Å². The first-order chi connectivity index (χ1) is 12.3. The molecule has 2 unspecified atom stereocenters. The molecule has 6 N–H and O–H groups in total. The number of aliphatic hydroxyl groups is 1. The van der Waals surface area contributed by atoms with Crippen LogP contribution in [0, 0.1) is 5.92 Å². The molecule has 0 bridgehead atoms. The van der Waals surface area contributed by atoms with Gasteiger partial charge in [0.2, 0.25) is 5.91 Å². The van der Waals surface area contributed by atoms with Crippen molar-refractivity contribution in [1.82, 2.24) is 4.90 Å². The number of nitrogens with zero attached hydrogens (tertiary/aromatic N) is 2. The first-order valence-corrected chi connectivity index (χ1v) is 8.35. The summed E-state index contributed by atoms with van der Waals surface area (Å²) in [4.78, 5) is 25.3. The lowest BCUT2D eigenvalue weighted by Gasteiger charge is -2.44. The molecule has 2 aliphatic rings. The van der Waals surface area contributed by atoms with Crippen LogP contribution in [0.4, 0.5) is 5.69 Å². The van der Waals surface area contributed by atoms with Gasteiger partial charge in [-0.3, -0.25) is 9.80 Å². The smallest absolute Gasteiger partial charge is 0.352 e. The predicted octanol–water partition coefficient (Wildman–Crippen LogP) is 0.857. The van der Waals surface area contributed by atoms with Gasteiger partial charge in [0, 0.05) is 17.4 Å². The molecule has 0 aromatic heterocycles. The fourth-order valence-corrected chi connectivity index (χ4v) is 3.83. The third-order valence-electron chi connectivity index (χ3n) is 4.71. The van der Waals surface area contributed by atoms with Crippen LogP contribution in [0.2, 0.25) is 5.02 Å². The van der Waals surface area contributed by atoms with Crippen molar-refractivity contribution < 1.29 is 19.8 Å². The first-order valence-electron chi connectivity index (χ1n) is 7.97. The Labute approximate surface area is 154 Å². The summed E-state index contributed by atoms with van der Waals surface area (Å²) in [6.07, 6.45) is 2.16. The molecule has 0 spiro atoms. The molecule has 8 nitrogen and oxygen atoms in total. The number of carboxylic acid groups (broad SMARTS) is 1. The van der Waals surface area contributed by atoms with Gasteiger partial charge in [-0.05, 0) is 42.7 Å². The van der Waals surface area contributed by atoms with Crippen LogP contribution in [0.3, 0.4) is 0 Å². The summed E-state index contributed by atoms with van der Waals surface area (Å²) in [6.45, 7) is 1.53. The van der Waals surface area contributed by atoms with Gasteiger partial charge in [-0.15, -0.1) is 0 Å². The Kier molecular flexibility index (Phi) is 4.66. The van der Waals surface area contributed by atoms with Crippen molar-refractivity contribution in [1.29, 1.82) is 0 Å². The summed E-state index contributed by atoms with van der Waals surface area (Å²) < 4.78 is 0. The molecule has 2 aliphatic heterocycles. The van der Waals surface area contributed by atoms with E-state index in [-0.39, 0.29) is 17.6 Å². The monoisotopic (exact) mass is 378 g/mol. The number of aliphatic hydroxyl groups excluding tert-OH is 1. The number of hydrazine groups is 1. The quantitative estimate of drug-likeness (QED) is 0.339. The van der Waals surface area contributed by atoms with Crippen LogP contribution < -0.4 is 16.6 Å². The lowest BCUT2D eigenvalue weighted by molar-refractivity contribution is -0.161. The van der Waals surface area contributed by atoms with Crippen molar-refractivity contribution >= 4 is 34.7 Å². The number of amides is 1. The van der Waals surface area contributed by atoms with E-state index in [4.69, 9.17) is 23.2 Å². The van der Waals surface area contributed by atoms with Gasteiger partial charge in [-0.1, -0.05) is 11.6 Å². The van der Waals surface area contributed by atoms with E-state index in [1.807, 2.05) is 0 Å². The molecule has 3 atom stereocenters. The molecule has 0 aliphatic carbocycles. The molecular formula is C17H19ClN4O4. The Morgan fingerprint density at radius 3 is 2.73 bits per heavy atom. The van der Waals surface area contributed by atoms with Crippen molar-refractivity contribution in [2.45, 2.75) is 25.5 Å². The van der Waals surface area contributed by atoms with Gasteiger partial charge in [0.1, 0.15) is 5.70 Å². The second kappa shape index (κ2) is 6.64. The number of halogens is 1. The Hall–Kier alpha value is -2.55. The summed E-state index contributed by atoms with van der Waals surface area (Å²) in [5, 5.41) is 21.1. The zero-order valence-electron chi connectivity index (χ0n) is 14.0. The Bertz CT molecular complexity index is 836. The zero-order valence-corrected chi connectivity index (χ0v) is 14.7. The molecule has 0 radical (unpaired) electrons. The summed E-state index contributed by atoms with van der Waals surface area (Å²) in [5.74, 6) is 3.68. The lowest BCUT2D eigenvalue weighted by atomic mass is 9.82. The minimum Gasteiger partial charge on any atom is -0.477 e. The van der Waals surface area contributed by atoms with Crippen LogP contribution in [-0.2, 0) is 9.59 Å². The Morgan fingerprint density at radius 1 is 1.46 bits per heavy atom. The highest BCUT2D eigenvalue weighted by molar-refractivity contribution is 6.31. The minimum atomic E-state index is -1.20. The topological polar surface area (TPSA) is 133 Å². The number of carbonyl (C=O) groups is 2.